The number of nitrogens with zero attached hydrogens (tertiary/aromatic N) is 2. The first-order valence-corrected chi connectivity index (χ1v) is 9.42. The van der Waals surface area contributed by atoms with E-state index >= 15 is 0 Å². The third kappa shape index (κ3) is 3.44. The first-order chi connectivity index (χ1) is 12.6. The zero-order chi connectivity index (χ0) is 18.1. The molecular formula is C20H18Cl2FN3. The van der Waals surface area contributed by atoms with Gasteiger partial charge in [-0.1, -0.05) is 41.4 Å². The molecule has 3 aromatic rings. The van der Waals surface area contributed by atoms with E-state index in [1.165, 1.54) is 6.07 Å². The van der Waals surface area contributed by atoms with Crippen LogP contribution in [0.15, 0.2) is 42.5 Å². The van der Waals surface area contributed by atoms with Crippen LogP contribution in [0.25, 0.3) is 5.69 Å². The average molecular weight is 390 g/mol. The van der Waals surface area contributed by atoms with Gasteiger partial charge in [-0.15, -0.1) is 0 Å². The molecule has 4 rings (SSSR count). The maximum absolute atomic E-state index is 14.1. The minimum Gasteiger partial charge on any atom is -0.370 e. The van der Waals surface area contributed by atoms with E-state index in [0.29, 0.717) is 22.0 Å². The lowest BCUT2D eigenvalue weighted by atomic mass is 10.0. The summed E-state index contributed by atoms with van der Waals surface area (Å²) in [5.41, 5.74) is 3.47. The molecule has 0 spiro atoms. The van der Waals surface area contributed by atoms with Crippen molar-refractivity contribution < 1.29 is 4.39 Å². The van der Waals surface area contributed by atoms with Crippen molar-refractivity contribution in [2.45, 2.75) is 25.7 Å². The number of aromatic nitrogens is 2. The Bertz CT molecular complexity index is 932. The van der Waals surface area contributed by atoms with Crippen molar-refractivity contribution in [2.24, 2.45) is 0 Å². The second kappa shape index (κ2) is 7.29. The molecule has 1 aromatic heterocycles. The van der Waals surface area contributed by atoms with Crippen LogP contribution in [0.5, 0.6) is 0 Å². The van der Waals surface area contributed by atoms with Crippen molar-refractivity contribution in [3.8, 4) is 5.69 Å². The standard InChI is InChI=1S/C20H18Cl2FN3/c21-14-10-15(22)12-16(11-14)26-20-17(6-3-4-8-24-20)19(25-26)9-13-5-1-2-7-18(13)23/h1-2,5,7,10-12,24H,3-4,6,8-9H2. The van der Waals surface area contributed by atoms with E-state index in [0.717, 1.165) is 48.6 Å². The molecule has 0 atom stereocenters. The van der Waals surface area contributed by atoms with E-state index in [1.807, 2.05) is 22.9 Å². The maximum atomic E-state index is 14.1. The Morgan fingerprint density at radius 3 is 2.62 bits per heavy atom. The largest absolute Gasteiger partial charge is 0.370 e. The van der Waals surface area contributed by atoms with Crippen molar-refractivity contribution in [2.75, 3.05) is 11.9 Å². The van der Waals surface area contributed by atoms with Gasteiger partial charge < -0.3 is 5.32 Å². The zero-order valence-corrected chi connectivity index (χ0v) is 15.6. The first-order valence-electron chi connectivity index (χ1n) is 8.66. The molecule has 1 N–H and O–H groups in total. The minimum atomic E-state index is -0.205. The molecule has 0 radical (unpaired) electrons. The highest BCUT2D eigenvalue weighted by Crippen LogP contribution is 2.31. The molecule has 3 nitrogen and oxygen atoms in total. The van der Waals surface area contributed by atoms with Gasteiger partial charge in [0.25, 0.3) is 0 Å². The van der Waals surface area contributed by atoms with Gasteiger partial charge >= 0.3 is 0 Å². The summed E-state index contributed by atoms with van der Waals surface area (Å²) in [6.07, 6.45) is 3.54. The molecule has 2 heterocycles. The fraction of sp³-hybridized carbons (Fsp3) is 0.250. The first kappa shape index (κ1) is 17.4. The molecule has 0 fully saturated rings. The van der Waals surface area contributed by atoms with Crippen molar-refractivity contribution in [3.63, 3.8) is 0 Å². The summed E-state index contributed by atoms with van der Waals surface area (Å²) in [7, 11) is 0. The molecule has 0 bridgehead atoms. The molecule has 6 heteroatoms. The summed E-state index contributed by atoms with van der Waals surface area (Å²) in [5, 5.41) is 9.38. The number of hydrogen-bond donors (Lipinski definition) is 1. The molecule has 0 saturated heterocycles. The number of halogens is 3. The van der Waals surface area contributed by atoms with Crippen LogP contribution in [0.3, 0.4) is 0 Å². The lowest BCUT2D eigenvalue weighted by Gasteiger charge is -2.10. The van der Waals surface area contributed by atoms with Crippen LogP contribution in [0.1, 0.15) is 29.7 Å². The van der Waals surface area contributed by atoms with E-state index in [4.69, 9.17) is 28.3 Å². The molecular weight excluding hydrogens is 372 g/mol. The summed E-state index contributed by atoms with van der Waals surface area (Å²) in [4.78, 5) is 0. The smallest absolute Gasteiger partial charge is 0.133 e. The topological polar surface area (TPSA) is 29.9 Å². The number of nitrogens with one attached hydrogen (secondary N) is 1. The number of benzene rings is 2. The van der Waals surface area contributed by atoms with E-state index in [2.05, 4.69) is 5.32 Å². The van der Waals surface area contributed by atoms with Gasteiger partial charge in [-0.3, -0.25) is 0 Å². The molecule has 0 amide bonds. The highest BCUT2D eigenvalue weighted by Gasteiger charge is 2.21. The molecule has 134 valence electrons. The lowest BCUT2D eigenvalue weighted by molar-refractivity contribution is 0.612. The van der Waals surface area contributed by atoms with Crippen LogP contribution in [0, 0.1) is 5.82 Å². The van der Waals surface area contributed by atoms with E-state index < -0.39 is 0 Å². The second-order valence-electron chi connectivity index (χ2n) is 6.47. The quantitative estimate of drug-likeness (QED) is 0.626. The Morgan fingerprint density at radius 2 is 1.85 bits per heavy atom. The number of anilines is 1. The highest BCUT2D eigenvalue weighted by molar-refractivity contribution is 6.34. The van der Waals surface area contributed by atoms with Crippen LogP contribution < -0.4 is 5.32 Å². The van der Waals surface area contributed by atoms with Crippen LogP contribution >= 0.6 is 23.2 Å². The highest BCUT2D eigenvalue weighted by atomic mass is 35.5. The van der Waals surface area contributed by atoms with Gasteiger partial charge in [-0.25, -0.2) is 9.07 Å². The van der Waals surface area contributed by atoms with Crippen LogP contribution in [0.2, 0.25) is 10.0 Å². The third-order valence-corrected chi connectivity index (χ3v) is 5.06. The van der Waals surface area contributed by atoms with E-state index in [-0.39, 0.29) is 5.82 Å². The Kier molecular flexibility index (Phi) is 4.88. The Morgan fingerprint density at radius 1 is 1.08 bits per heavy atom. The van der Waals surface area contributed by atoms with Crippen molar-refractivity contribution in [1.82, 2.24) is 9.78 Å². The summed E-state index contributed by atoms with van der Waals surface area (Å²) in [5.74, 6) is 0.746. The summed E-state index contributed by atoms with van der Waals surface area (Å²) in [6, 6.07) is 12.2. The van der Waals surface area contributed by atoms with Gasteiger partial charge in [0, 0.05) is 28.6 Å². The predicted octanol–water partition coefficient (Wildman–Crippen LogP) is 5.66. The van der Waals surface area contributed by atoms with E-state index in [1.54, 1.807) is 18.2 Å². The van der Waals surface area contributed by atoms with Crippen LogP contribution in [0.4, 0.5) is 10.2 Å². The summed E-state index contributed by atoms with van der Waals surface area (Å²) < 4.78 is 16.0. The Labute approximate surface area is 161 Å². The summed E-state index contributed by atoms with van der Waals surface area (Å²) in [6.45, 7) is 0.881. The van der Waals surface area contributed by atoms with Gasteiger partial charge in [0.15, 0.2) is 0 Å². The Hall–Kier alpha value is -2.04. The molecule has 1 aliphatic heterocycles. The molecule has 0 aliphatic carbocycles. The fourth-order valence-electron chi connectivity index (χ4n) is 3.39. The Balaban J connectivity index is 1.82. The zero-order valence-electron chi connectivity index (χ0n) is 14.1. The second-order valence-corrected chi connectivity index (χ2v) is 7.34. The van der Waals surface area contributed by atoms with Crippen molar-refractivity contribution >= 4 is 29.0 Å². The van der Waals surface area contributed by atoms with Gasteiger partial charge in [-0.05, 0) is 49.1 Å². The summed E-state index contributed by atoms with van der Waals surface area (Å²) >= 11 is 12.4. The van der Waals surface area contributed by atoms with E-state index in [9.17, 15) is 4.39 Å². The van der Waals surface area contributed by atoms with Gasteiger partial charge in [0.2, 0.25) is 0 Å². The minimum absolute atomic E-state index is 0.205. The van der Waals surface area contributed by atoms with Crippen LogP contribution in [-0.4, -0.2) is 16.3 Å². The van der Waals surface area contributed by atoms with Gasteiger partial charge in [-0.2, -0.15) is 5.10 Å². The third-order valence-electron chi connectivity index (χ3n) is 4.62. The van der Waals surface area contributed by atoms with Crippen molar-refractivity contribution in [3.05, 3.63) is 75.1 Å². The monoisotopic (exact) mass is 389 g/mol. The van der Waals surface area contributed by atoms with Crippen LogP contribution in [-0.2, 0) is 12.8 Å². The maximum Gasteiger partial charge on any atom is 0.133 e. The fourth-order valence-corrected chi connectivity index (χ4v) is 3.90. The number of hydrogen-bond acceptors (Lipinski definition) is 2. The normalized spacial score (nSPS) is 13.8. The predicted molar refractivity (Wildman–Crippen MR) is 104 cm³/mol. The average Bonchev–Trinajstić information content (AvgIpc) is 2.78. The number of rotatable bonds is 3. The SMILES string of the molecule is Fc1ccccc1Cc1nn(-c2cc(Cl)cc(Cl)c2)c2c1CCCCN2. The molecule has 1 aliphatic rings. The molecule has 0 saturated carbocycles. The molecule has 26 heavy (non-hydrogen) atoms. The lowest BCUT2D eigenvalue weighted by Crippen LogP contribution is -2.07. The van der Waals surface area contributed by atoms with Gasteiger partial charge in [0.1, 0.15) is 11.6 Å². The molecule has 2 aromatic carbocycles. The molecule has 0 unspecified atom stereocenters. The van der Waals surface area contributed by atoms with Crippen molar-refractivity contribution in [1.29, 1.82) is 0 Å². The van der Waals surface area contributed by atoms with Gasteiger partial charge in [0.05, 0.1) is 11.4 Å². The number of fused-ring (bicyclic) bond motifs is 1.